The van der Waals surface area contributed by atoms with E-state index in [0.717, 1.165) is 25.7 Å². The normalized spacial score (nSPS) is 12.3. The number of unbranched alkanes of at least 4 members (excludes halogenated alkanes) is 4. The molecule has 166 valence electrons. The van der Waals surface area contributed by atoms with Gasteiger partial charge >= 0.3 is 0 Å². The first-order valence-electron chi connectivity index (χ1n) is 11.7. The summed E-state index contributed by atoms with van der Waals surface area (Å²) in [7, 11) is 0. The summed E-state index contributed by atoms with van der Waals surface area (Å²) in [4.78, 5) is 10.6. The van der Waals surface area contributed by atoms with E-state index in [9.17, 15) is 4.79 Å². The molecule has 0 bridgehead atoms. The van der Waals surface area contributed by atoms with Crippen LogP contribution < -0.4 is 0 Å². The molecule has 2 nitrogen and oxygen atoms in total. The van der Waals surface area contributed by atoms with E-state index < -0.39 is 0 Å². The third kappa shape index (κ3) is 9.83. The van der Waals surface area contributed by atoms with E-state index in [4.69, 9.17) is 4.74 Å². The molecule has 0 N–H and O–H groups in total. The van der Waals surface area contributed by atoms with Crippen molar-refractivity contribution in [1.29, 1.82) is 0 Å². The summed E-state index contributed by atoms with van der Waals surface area (Å²) in [6.07, 6.45) is 12.1. The van der Waals surface area contributed by atoms with Crippen LogP contribution in [0.3, 0.4) is 0 Å². The Morgan fingerprint density at radius 1 is 0.793 bits per heavy atom. The number of carbonyl (C=O) groups excluding carboxylic acids is 1. The van der Waals surface area contributed by atoms with E-state index in [0.29, 0.717) is 11.9 Å². The summed E-state index contributed by atoms with van der Waals surface area (Å²) in [6.45, 7) is 18.4. The number of hydrogen-bond acceptors (Lipinski definition) is 2. The van der Waals surface area contributed by atoms with E-state index in [2.05, 4.69) is 47.6 Å². The molecule has 1 aromatic rings. The van der Waals surface area contributed by atoms with Gasteiger partial charge in [0.05, 0.1) is 0 Å². The highest BCUT2D eigenvalue weighted by molar-refractivity contribution is 5.44. The average molecular weight is 403 g/mol. The topological polar surface area (TPSA) is 26.3 Å². The van der Waals surface area contributed by atoms with Gasteiger partial charge in [0.15, 0.2) is 0 Å². The van der Waals surface area contributed by atoms with Crippen molar-refractivity contribution in [3.05, 3.63) is 33.9 Å². The van der Waals surface area contributed by atoms with Crippen LogP contribution in [0.4, 0.5) is 0 Å². The summed E-state index contributed by atoms with van der Waals surface area (Å²) in [5.74, 6) is 0. The van der Waals surface area contributed by atoms with Gasteiger partial charge in [0, 0.05) is 0 Å². The number of carbonyl (C=O) groups is 1. The molecule has 0 spiro atoms. The van der Waals surface area contributed by atoms with Crippen molar-refractivity contribution < 1.29 is 9.53 Å². The van der Waals surface area contributed by atoms with Gasteiger partial charge in [-0.2, -0.15) is 0 Å². The SMILES string of the molecule is Cc1cc(CCCCCCC(C)(C)C)c(C)c(C)c1CCCCC(C)(C)OC=O. The molecule has 1 rings (SSSR count). The lowest BCUT2D eigenvalue weighted by Crippen LogP contribution is -2.23. The first kappa shape index (κ1) is 25.7. The molecule has 0 amide bonds. The predicted octanol–water partition coefficient (Wildman–Crippen LogP) is 7.82. The first-order valence-corrected chi connectivity index (χ1v) is 11.7. The molecule has 1 aromatic carbocycles. The molecular formula is C27H46O2. The number of hydrogen-bond donors (Lipinski definition) is 0. The van der Waals surface area contributed by atoms with Crippen molar-refractivity contribution in [3.8, 4) is 0 Å². The monoisotopic (exact) mass is 402 g/mol. The molecule has 0 aromatic heterocycles. The number of benzene rings is 1. The van der Waals surface area contributed by atoms with Gasteiger partial charge < -0.3 is 4.74 Å². The molecule has 0 atom stereocenters. The second kappa shape index (κ2) is 11.8. The van der Waals surface area contributed by atoms with Crippen molar-refractivity contribution in [2.75, 3.05) is 0 Å². The molecule has 0 fully saturated rings. The lowest BCUT2D eigenvalue weighted by Gasteiger charge is -2.22. The Bertz CT molecular complexity index is 635. The molecule has 2 heteroatoms. The Kier molecular flexibility index (Phi) is 10.4. The minimum absolute atomic E-state index is 0.349. The van der Waals surface area contributed by atoms with Crippen molar-refractivity contribution in [3.63, 3.8) is 0 Å². The van der Waals surface area contributed by atoms with Crippen LogP contribution in [-0.4, -0.2) is 12.1 Å². The van der Waals surface area contributed by atoms with Crippen molar-refractivity contribution in [2.45, 2.75) is 125 Å². The van der Waals surface area contributed by atoms with Crippen LogP contribution in [0.1, 0.15) is 114 Å². The van der Waals surface area contributed by atoms with Gasteiger partial charge in [0.25, 0.3) is 6.47 Å². The van der Waals surface area contributed by atoms with Crippen LogP contribution in [0.5, 0.6) is 0 Å². The maximum absolute atomic E-state index is 10.6. The maximum atomic E-state index is 10.6. The molecule has 29 heavy (non-hydrogen) atoms. The summed E-state index contributed by atoms with van der Waals surface area (Å²) in [5, 5.41) is 0. The fourth-order valence-electron chi connectivity index (χ4n) is 4.23. The van der Waals surface area contributed by atoms with E-state index in [-0.39, 0.29) is 5.60 Å². The zero-order valence-electron chi connectivity index (χ0n) is 20.5. The third-order valence-corrected chi connectivity index (χ3v) is 6.31. The number of aryl methyl sites for hydroxylation is 2. The molecule has 0 unspecified atom stereocenters. The predicted molar refractivity (Wildman–Crippen MR) is 126 cm³/mol. The summed E-state index contributed by atoms with van der Waals surface area (Å²) in [6, 6.07) is 2.44. The smallest absolute Gasteiger partial charge is 0.293 e. The average Bonchev–Trinajstić information content (AvgIpc) is 2.60. The Balaban J connectivity index is 2.52. The Morgan fingerprint density at radius 2 is 1.38 bits per heavy atom. The van der Waals surface area contributed by atoms with Crippen LogP contribution in [-0.2, 0) is 22.4 Å². The van der Waals surface area contributed by atoms with Gasteiger partial charge in [-0.1, -0.05) is 46.1 Å². The lowest BCUT2D eigenvalue weighted by molar-refractivity contribution is -0.140. The van der Waals surface area contributed by atoms with Gasteiger partial charge in [-0.25, -0.2) is 0 Å². The van der Waals surface area contributed by atoms with Crippen molar-refractivity contribution in [2.24, 2.45) is 5.41 Å². The number of ether oxygens (including phenoxy) is 1. The summed E-state index contributed by atoms with van der Waals surface area (Å²) in [5.41, 5.74) is 7.60. The highest BCUT2D eigenvalue weighted by Gasteiger charge is 2.18. The Hall–Kier alpha value is -1.31. The number of rotatable bonds is 13. The van der Waals surface area contributed by atoms with E-state index in [1.807, 2.05) is 13.8 Å². The standard InChI is InChI=1S/C27H46O2/c1-21-19-24(15-11-9-10-13-17-26(4,5)6)22(2)23(3)25(21)16-12-14-18-27(7,8)29-20-28/h19-20H,9-18H2,1-8H3. The van der Waals surface area contributed by atoms with Crippen LogP contribution >= 0.6 is 0 Å². The minimum atomic E-state index is -0.349. The Labute approximate surface area is 180 Å². The van der Waals surface area contributed by atoms with Gasteiger partial charge in [0.2, 0.25) is 0 Å². The van der Waals surface area contributed by atoms with Crippen LogP contribution in [0.15, 0.2) is 6.07 Å². The van der Waals surface area contributed by atoms with E-state index >= 15 is 0 Å². The molecule has 0 radical (unpaired) electrons. The van der Waals surface area contributed by atoms with Gasteiger partial charge in [-0.05, 0) is 113 Å². The fraction of sp³-hybridized carbons (Fsp3) is 0.741. The van der Waals surface area contributed by atoms with Crippen molar-refractivity contribution in [1.82, 2.24) is 0 Å². The molecule has 0 saturated heterocycles. The molecule has 0 aliphatic carbocycles. The van der Waals surface area contributed by atoms with Crippen LogP contribution in [0.2, 0.25) is 0 Å². The zero-order valence-corrected chi connectivity index (χ0v) is 20.5. The molecule has 0 saturated carbocycles. The molecule has 0 heterocycles. The van der Waals surface area contributed by atoms with Gasteiger partial charge in [-0.3, -0.25) is 4.79 Å². The summed E-state index contributed by atoms with van der Waals surface area (Å²) < 4.78 is 5.16. The van der Waals surface area contributed by atoms with Crippen LogP contribution in [0.25, 0.3) is 0 Å². The van der Waals surface area contributed by atoms with E-state index in [1.54, 1.807) is 5.56 Å². The van der Waals surface area contributed by atoms with Gasteiger partial charge in [0.1, 0.15) is 5.60 Å². The lowest BCUT2D eigenvalue weighted by atomic mass is 9.87. The second-order valence-corrected chi connectivity index (χ2v) is 10.7. The largest absolute Gasteiger partial charge is 0.462 e. The highest BCUT2D eigenvalue weighted by Crippen LogP contribution is 2.27. The van der Waals surface area contributed by atoms with Crippen molar-refractivity contribution >= 4 is 6.47 Å². The second-order valence-electron chi connectivity index (χ2n) is 10.7. The minimum Gasteiger partial charge on any atom is -0.462 e. The molecule has 0 aliphatic rings. The third-order valence-electron chi connectivity index (χ3n) is 6.31. The van der Waals surface area contributed by atoms with E-state index in [1.165, 1.54) is 60.8 Å². The van der Waals surface area contributed by atoms with Gasteiger partial charge in [-0.15, -0.1) is 0 Å². The maximum Gasteiger partial charge on any atom is 0.293 e. The van der Waals surface area contributed by atoms with Crippen LogP contribution in [0, 0.1) is 26.2 Å². The summed E-state index contributed by atoms with van der Waals surface area (Å²) >= 11 is 0. The highest BCUT2D eigenvalue weighted by atomic mass is 16.5. The molecule has 0 aliphatic heterocycles. The quantitative estimate of drug-likeness (QED) is 0.248. The molecular weight excluding hydrogens is 356 g/mol. The zero-order chi connectivity index (χ0) is 22.1. The Morgan fingerprint density at radius 3 is 2.00 bits per heavy atom. The first-order chi connectivity index (χ1) is 13.5. The fourth-order valence-corrected chi connectivity index (χ4v) is 4.23.